The molecule has 1 atom stereocenters. The fourth-order valence-corrected chi connectivity index (χ4v) is 3.27. The van der Waals surface area contributed by atoms with Crippen LogP contribution in [-0.4, -0.2) is 40.7 Å². The molecule has 1 fully saturated rings. The second kappa shape index (κ2) is 5.24. The van der Waals surface area contributed by atoms with E-state index < -0.39 is 17.5 Å². The van der Waals surface area contributed by atoms with Crippen molar-refractivity contribution in [2.24, 2.45) is 11.7 Å². The summed E-state index contributed by atoms with van der Waals surface area (Å²) in [4.78, 5) is 0. The first-order valence-corrected chi connectivity index (χ1v) is 7.23. The quantitative estimate of drug-likeness (QED) is 0.897. The molecule has 0 spiro atoms. The van der Waals surface area contributed by atoms with Crippen molar-refractivity contribution in [3.8, 4) is 0 Å². The van der Waals surface area contributed by atoms with Crippen molar-refractivity contribution in [2.45, 2.75) is 43.8 Å². The molecule has 0 amide bonds. The van der Waals surface area contributed by atoms with Crippen LogP contribution in [0.4, 0.5) is 13.2 Å². The molecule has 21 heavy (non-hydrogen) atoms. The molecule has 1 unspecified atom stereocenters. The van der Waals surface area contributed by atoms with Crippen molar-refractivity contribution in [1.82, 2.24) is 14.8 Å². The Kier molecular flexibility index (Phi) is 3.69. The van der Waals surface area contributed by atoms with E-state index in [0.29, 0.717) is 50.7 Å². The summed E-state index contributed by atoms with van der Waals surface area (Å²) in [7, 11) is 0. The van der Waals surface area contributed by atoms with Gasteiger partial charge in [0.05, 0.1) is 5.92 Å². The highest BCUT2D eigenvalue weighted by atomic mass is 19.4. The van der Waals surface area contributed by atoms with Gasteiger partial charge in [-0.05, 0) is 19.3 Å². The molecule has 0 radical (unpaired) electrons. The van der Waals surface area contributed by atoms with Crippen LogP contribution in [0.5, 0.6) is 0 Å². The fourth-order valence-electron chi connectivity index (χ4n) is 3.27. The first-order chi connectivity index (χ1) is 9.96. The third-order valence-electron chi connectivity index (χ3n) is 4.72. The zero-order chi connectivity index (χ0) is 15.1. The van der Waals surface area contributed by atoms with E-state index in [2.05, 4.69) is 10.2 Å². The summed E-state index contributed by atoms with van der Waals surface area (Å²) >= 11 is 0. The molecule has 118 valence electrons. The summed E-state index contributed by atoms with van der Waals surface area (Å²) in [5, 5.41) is 8.28. The van der Waals surface area contributed by atoms with E-state index in [4.69, 9.17) is 10.5 Å². The Morgan fingerprint density at radius 1 is 1.29 bits per heavy atom. The Labute approximate surface area is 120 Å². The van der Waals surface area contributed by atoms with Gasteiger partial charge in [0.2, 0.25) is 0 Å². The SMILES string of the molecule is NCC1(c2nnc3n2CC(C(F)(F)F)CC3)CCOCC1. The molecule has 8 heteroatoms. The maximum Gasteiger partial charge on any atom is 0.393 e. The van der Waals surface area contributed by atoms with Gasteiger partial charge in [-0.3, -0.25) is 0 Å². The minimum absolute atomic E-state index is 0.0837. The maximum absolute atomic E-state index is 13.0. The topological polar surface area (TPSA) is 66.0 Å². The molecule has 3 rings (SSSR count). The number of nitrogens with two attached hydrogens (primary N) is 1. The van der Waals surface area contributed by atoms with E-state index in [9.17, 15) is 13.2 Å². The average Bonchev–Trinajstić information content (AvgIpc) is 2.90. The van der Waals surface area contributed by atoms with Crippen LogP contribution < -0.4 is 5.73 Å². The zero-order valence-electron chi connectivity index (χ0n) is 11.7. The minimum atomic E-state index is -4.18. The highest BCUT2D eigenvalue weighted by Crippen LogP contribution is 2.38. The van der Waals surface area contributed by atoms with Crippen LogP contribution in [0.15, 0.2) is 0 Å². The van der Waals surface area contributed by atoms with Crippen molar-refractivity contribution in [3.05, 3.63) is 11.6 Å². The molecule has 2 aliphatic rings. The lowest BCUT2D eigenvalue weighted by Gasteiger charge is -2.36. The Hall–Kier alpha value is -1.15. The number of aryl methyl sites for hydroxylation is 1. The third kappa shape index (κ3) is 2.55. The zero-order valence-corrected chi connectivity index (χ0v) is 11.7. The first-order valence-electron chi connectivity index (χ1n) is 7.23. The Balaban J connectivity index is 1.94. The van der Waals surface area contributed by atoms with Crippen molar-refractivity contribution in [3.63, 3.8) is 0 Å². The van der Waals surface area contributed by atoms with Gasteiger partial charge >= 0.3 is 6.18 Å². The Morgan fingerprint density at radius 3 is 2.62 bits per heavy atom. The summed E-state index contributed by atoms with van der Waals surface area (Å²) in [6.45, 7) is 1.37. The standard InChI is InChI=1S/C13H19F3N4O/c14-13(15,16)9-1-2-10-18-19-11(20(10)7-9)12(8-17)3-5-21-6-4-12/h9H,1-8,17H2. The van der Waals surface area contributed by atoms with Crippen molar-refractivity contribution >= 4 is 0 Å². The number of hydrogen-bond acceptors (Lipinski definition) is 4. The fraction of sp³-hybridized carbons (Fsp3) is 0.846. The van der Waals surface area contributed by atoms with Gasteiger partial charge in [0.25, 0.3) is 0 Å². The number of fused-ring (bicyclic) bond motifs is 1. The van der Waals surface area contributed by atoms with Crippen LogP contribution in [0.2, 0.25) is 0 Å². The molecule has 2 aliphatic heterocycles. The lowest BCUT2D eigenvalue weighted by molar-refractivity contribution is -0.182. The molecule has 1 saturated heterocycles. The van der Waals surface area contributed by atoms with Gasteiger partial charge in [0.1, 0.15) is 11.6 Å². The van der Waals surface area contributed by atoms with E-state index in [-0.39, 0.29) is 13.0 Å². The first kappa shape index (κ1) is 14.8. The molecule has 3 heterocycles. The average molecular weight is 304 g/mol. The van der Waals surface area contributed by atoms with Crippen LogP contribution in [-0.2, 0) is 23.1 Å². The molecule has 0 saturated carbocycles. The summed E-state index contributed by atoms with van der Waals surface area (Å²) in [6, 6.07) is 0. The van der Waals surface area contributed by atoms with Gasteiger partial charge in [0, 0.05) is 38.1 Å². The van der Waals surface area contributed by atoms with Gasteiger partial charge in [-0.1, -0.05) is 0 Å². The van der Waals surface area contributed by atoms with Crippen LogP contribution in [0.25, 0.3) is 0 Å². The minimum Gasteiger partial charge on any atom is -0.381 e. The van der Waals surface area contributed by atoms with Crippen molar-refractivity contribution < 1.29 is 17.9 Å². The number of hydrogen-bond donors (Lipinski definition) is 1. The molecule has 5 nitrogen and oxygen atoms in total. The normalized spacial score (nSPS) is 25.6. The third-order valence-corrected chi connectivity index (χ3v) is 4.72. The smallest absolute Gasteiger partial charge is 0.381 e. The second-order valence-electron chi connectivity index (χ2n) is 5.92. The number of aromatic nitrogens is 3. The lowest BCUT2D eigenvalue weighted by Crippen LogP contribution is -2.44. The van der Waals surface area contributed by atoms with Crippen molar-refractivity contribution in [1.29, 1.82) is 0 Å². The van der Waals surface area contributed by atoms with E-state index in [1.54, 1.807) is 4.57 Å². The van der Waals surface area contributed by atoms with Crippen LogP contribution >= 0.6 is 0 Å². The largest absolute Gasteiger partial charge is 0.393 e. The van der Waals surface area contributed by atoms with Crippen LogP contribution in [0, 0.1) is 5.92 Å². The molecule has 0 aromatic carbocycles. The Bertz CT molecular complexity index is 508. The highest BCUT2D eigenvalue weighted by molar-refractivity contribution is 5.14. The van der Waals surface area contributed by atoms with E-state index in [1.807, 2.05) is 0 Å². The second-order valence-corrected chi connectivity index (χ2v) is 5.92. The summed E-state index contributed by atoms with van der Waals surface area (Å²) in [5.41, 5.74) is 5.52. The van der Waals surface area contributed by atoms with Gasteiger partial charge in [0.15, 0.2) is 0 Å². The van der Waals surface area contributed by atoms with Gasteiger partial charge < -0.3 is 15.0 Å². The van der Waals surface area contributed by atoms with Crippen LogP contribution in [0.1, 0.15) is 30.9 Å². The maximum atomic E-state index is 13.0. The lowest BCUT2D eigenvalue weighted by atomic mass is 9.79. The van der Waals surface area contributed by atoms with E-state index in [0.717, 1.165) is 0 Å². The highest BCUT2D eigenvalue weighted by Gasteiger charge is 2.45. The molecule has 0 bridgehead atoms. The monoisotopic (exact) mass is 304 g/mol. The molecule has 2 N–H and O–H groups in total. The number of alkyl halides is 3. The predicted molar refractivity (Wildman–Crippen MR) is 68.7 cm³/mol. The van der Waals surface area contributed by atoms with Crippen LogP contribution in [0.3, 0.4) is 0 Å². The molecule has 1 aromatic heterocycles. The summed E-state index contributed by atoms with van der Waals surface area (Å²) < 4.78 is 46.0. The molecular weight excluding hydrogens is 285 g/mol. The number of halogens is 3. The number of ether oxygens (including phenoxy) is 1. The van der Waals surface area contributed by atoms with Gasteiger partial charge in [-0.25, -0.2) is 0 Å². The van der Waals surface area contributed by atoms with Gasteiger partial charge in [-0.2, -0.15) is 13.2 Å². The van der Waals surface area contributed by atoms with Gasteiger partial charge in [-0.15, -0.1) is 10.2 Å². The number of nitrogens with zero attached hydrogens (tertiary/aromatic N) is 3. The molecular formula is C13H19F3N4O. The Morgan fingerprint density at radius 2 is 2.00 bits per heavy atom. The summed E-state index contributed by atoms with van der Waals surface area (Å²) in [6.07, 6.45) is -2.42. The number of rotatable bonds is 2. The van der Waals surface area contributed by atoms with Crippen molar-refractivity contribution in [2.75, 3.05) is 19.8 Å². The predicted octanol–water partition coefficient (Wildman–Crippen LogP) is 1.41. The van der Waals surface area contributed by atoms with E-state index in [1.165, 1.54) is 0 Å². The molecule has 0 aliphatic carbocycles. The molecule has 1 aromatic rings. The summed E-state index contributed by atoms with van der Waals surface area (Å²) in [5.74, 6) is -0.0727. The van der Waals surface area contributed by atoms with E-state index >= 15 is 0 Å².